The predicted octanol–water partition coefficient (Wildman–Crippen LogP) is 1.97. The summed E-state index contributed by atoms with van der Waals surface area (Å²) in [7, 11) is 1.69. The number of fused-ring (bicyclic) bond motifs is 1. The third-order valence-corrected chi connectivity index (χ3v) is 4.01. The summed E-state index contributed by atoms with van der Waals surface area (Å²) in [6.45, 7) is 0. The van der Waals surface area contributed by atoms with E-state index in [1.54, 1.807) is 25.4 Å². The molecule has 0 saturated carbocycles. The number of pyridine rings is 1. The van der Waals surface area contributed by atoms with Crippen LogP contribution in [-0.2, 0) is 13.5 Å². The Morgan fingerprint density at radius 1 is 1.35 bits per heavy atom. The molecule has 0 aliphatic carbocycles. The summed E-state index contributed by atoms with van der Waals surface area (Å²) < 4.78 is 2.32. The molecule has 6 nitrogen and oxygen atoms in total. The van der Waals surface area contributed by atoms with Crippen LogP contribution in [-0.4, -0.2) is 20.4 Å². The summed E-state index contributed by atoms with van der Waals surface area (Å²) in [4.78, 5) is 21.1. The second-order valence-electron chi connectivity index (χ2n) is 5.21. The average molecular weight is 372 g/mol. The highest BCUT2D eigenvalue weighted by atomic mass is 79.9. The van der Waals surface area contributed by atoms with Gasteiger partial charge in [0.1, 0.15) is 17.0 Å². The molecule has 0 bridgehead atoms. The van der Waals surface area contributed by atoms with Gasteiger partial charge in [0.05, 0.1) is 0 Å². The molecule has 0 saturated heterocycles. The van der Waals surface area contributed by atoms with Gasteiger partial charge in [-0.05, 0) is 27.6 Å². The van der Waals surface area contributed by atoms with Gasteiger partial charge in [-0.2, -0.15) is 0 Å². The van der Waals surface area contributed by atoms with E-state index in [9.17, 15) is 4.79 Å². The molecule has 2 heterocycles. The minimum Gasteiger partial charge on any atom is -0.384 e. The van der Waals surface area contributed by atoms with Crippen molar-refractivity contribution >= 4 is 32.9 Å². The van der Waals surface area contributed by atoms with Crippen molar-refractivity contribution in [2.45, 2.75) is 6.42 Å². The van der Waals surface area contributed by atoms with Crippen LogP contribution in [0.3, 0.4) is 0 Å². The summed E-state index contributed by atoms with van der Waals surface area (Å²) in [5, 5.41) is 7.40. The Kier molecular flexibility index (Phi) is 3.96. The van der Waals surface area contributed by atoms with Gasteiger partial charge in [0.25, 0.3) is 5.56 Å². The Labute approximate surface area is 140 Å². The number of nitrogens with two attached hydrogens (primary N) is 1. The van der Waals surface area contributed by atoms with E-state index in [0.717, 1.165) is 10.0 Å². The quantitative estimate of drug-likeness (QED) is 0.543. The fourth-order valence-corrected chi connectivity index (χ4v) is 2.67. The van der Waals surface area contributed by atoms with Crippen LogP contribution in [0.2, 0.25) is 0 Å². The van der Waals surface area contributed by atoms with E-state index in [-0.39, 0.29) is 11.4 Å². The number of nitrogens with one attached hydrogen (secondary N) is 1. The van der Waals surface area contributed by atoms with Crippen molar-refractivity contribution in [3.8, 4) is 0 Å². The highest BCUT2D eigenvalue weighted by Gasteiger charge is 2.11. The summed E-state index contributed by atoms with van der Waals surface area (Å²) in [6, 6.07) is 9.06. The minimum absolute atomic E-state index is 0.0206. The van der Waals surface area contributed by atoms with Crippen molar-refractivity contribution < 1.29 is 0 Å². The summed E-state index contributed by atoms with van der Waals surface area (Å²) >= 11 is 3.37. The number of aryl methyl sites for hydroxylation is 1. The zero-order valence-corrected chi connectivity index (χ0v) is 14.0. The molecule has 3 N–H and O–H groups in total. The molecule has 3 rings (SSSR count). The Balaban J connectivity index is 2.04. The van der Waals surface area contributed by atoms with Crippen molar-refractivity contribution in [1.29, 1.82) is 5.41 Å². The molecule has 0 spiro atoms. The lowest BCUT2D eigenvalue weighted by molar-refractivity contribution is 0.840. The van der Waals surface area contributed by atoms with E-state index in [4.69, 9.17) is 11.1 Å². The standard InChI is InChI=1S/C16H14BrN5O/c1-22-15-12(7-11(17)8-20-15)21-13(16(22)23)6-9-2-4-10(5-3-9)14(18)19/h2-5,7-8H,6H2,1H3,(H3,18,19). The van der Waals surface area contributed by atoms with Gasteiger partial charge in [0, 0.05) is 29.7 Å². The molecule has 1 aromatic carbocycles. The molecule has 0 unspecified atom stereocenters. The second-order valence-corrected chi connectivity index (χ2v) is 6.12. The summed E-state index contributed by atoms with van der Waals surface area (Å²) in [6.07, 6.45) is 2.05. The summed E-state index contributed by atoms with van der Waals surface area (Å²) in [5.41, 5.74) is 8.53. The van der Waals surface area contributed by atoms with Crippen LogP contribution in [0.5, 0.6) is 0 Å². The number of benzene rings is 1. The lowest BCUT2D eigenvalue weighted by atomic mass is 10.1. The van der Waals surface area contributed by atoms with Crippen LogP contribution in [0.15, 0.2) is 45.8 Å². The molecule has 0 radical (unpaired) electrons. The molecule has 3 aromatic rings. The van der Waals surface area contributed by atoms with E-state index in [1.165, 1.54) is 4.57 Å². The largest absolute Gasteiger partial charge is 0.384 e. The van der Waals surface area contributed by atoms with Gasteiger partial charge in [0.2, 0.25) is 0 Å². The topological polar surface area (TPSA) is 97.7 Å². The van der Waals surface area contributed by atoms with E-state index < -0.39 is 0 Å². The number of nitrogens with zero attached hydrogens (tertiary/aromatic N) is 3. The Morgan fingerprint density at radius 3 is 2.70 bits per heavy atom. The molecule has 0 aliphatic rings. The maximum atomic E-state index is 12.4. The second kappa shape index (κ2) is 5.92. The lowest BCUT2D eigenvalue weighted by Gasteiger charge is -2.08. The smallest absolute Gasteiger partial charge is 0.273 e. The van der Waals surface area contributed by atoms with Gasteiger partial charge in [-0.25, -0.2) is 9.97 Å². The Hall–Kier alpha value is -2.54. The normalized spacial score (nSPS) is 10.9. The van der Waals surface area contributed by atoms with Gasteiger partial charge >= 0.3 is 0 Å². The number of halogens is 1. The van der Waals surface area contributed by atoms with E-state index in [2.05, 4.69) is 25.9 Å². The van der Waals surface area contributed by atoms with Crippen LogP contribution >= 0.6 is 15.9 Å². The molecule has 23 heavy (non-hydrogen) atoms. The van der Waals surface area contributed by atoms with Gasteiger partial charge in [0.15, 0.2) is 5.65 Å². The number of rotatable bonds is 3. The molecule has 2 aromatic heterocycles. The zero-order valence-electron chi connectivity index (χ0n) is 12.4. The number of amidine groups is 1. The van der Waals surface area contributed by atoms with Gasteiger partial charge in [-0.1, -0.05) is 24.3 Å². The average Bonchev–Trinajstić information content (AvgIpc) is 2.52. The lowest BCUT2D eigenvalue weighted by Crippen LogP contribution is -2.24. The van der Waals surface area contributed by atoms with Gasteiger partial charge in [-0.15, -0.1) is 0 Å². The first-order chi connectivity index (χ1) is 11.0. The van der Waals surface area contributed by atoms with Crippen molar-refractivity contribution in [3.05, 3.63) is 68.2 Å². The molecular formula is C16H14BrN5O. The third kappa shape index (κ3) is 3.00. The summed E-state index contributed by atoms with van der Waals surface area (Å²) in [5.74, 6) is 0.0206. The SMILES string of the molecule is Cn1c(=O)c(Cc2ccc(C(=N)N)cc2)nc2cc(Br)cnc21. The van der Waals surface area contributed by atoms with E-state index >= 15 is 0 Å². The number of hydrogen-bond donors (Lipinski definition) is 2. The first-order valence-corrected chi connectivity index (χ1v) is 7.69. The fourth-order valence-electron chi connectivity index (χ4n) is 2.36. The van der Waals surface area contributed by atoms with E-state index in [0.29, 0.717) is 28.8 Å². The first-order valence-electron chi connectivity index (χ1n) is 6.90. The number of hydrogen-bond acceptors (Lipinski definition) is 4. The number of aromatic nitrogens is 3. The Bertz CT molecular complexity index is 963. The maximum absolute atomic E-state index is 12.4. The monoisotopic (exact) mass is 371 g/mol. The van der Waals surface area contributed by atoms with Crippen molar-refractivity contribution in [2.24, 2.45) is 12.8 Å². The highest BCUT2D eigenvalue weighted by Crippen LogP contribution is 2.15. The van der Waals surface area contributed by atoms with Gasteiger partial charge in [-0.3, -0.25) is 14.8 Å². The zero-order chi connectivity index (χ0) is 16.6. The van der Waals surface area contributed by atoms with E-state index in [1.807, 2.05) is 18.2 Å². The predicted molar refractivity (Wildman–Crippen MR) is 92.7 cm³/mol. The van der Waals surface area contributed by atoms with Gasteiger partial charge < -0.3 is 5.73 Å². The molecule has 0 fully saturated rings. The molecule has 116 valence electrons. The molecular weight excluding hydrogens is 358 g/mol. The molecule has 7 heteroatoms. The number of nitrogen functional groups attached to an aromatic ring is 1. The highest BCUT2D eigenvalue weighted by molar-refractivity contribution is 9.10. The van der Waals surface area contributed by atoms with Crippen molar-refractivity contribution in [3.63, 3.8) is 0 Å². The van der Waals surface area contributed by atoms with Crippen LogP contribution in [0.25, 0.3) is 11.2 Å². The molecule has 0 amide bonds. The Morgan fingerprint density at radius 2 is 2.04 bits per heavy atom. The van der Waals surface area contributed by atoms with Crippen LogP contribution in [0.1, 0.15) is 16.8 Å². The van der Waals surface area contributed by atoms with Crippen molar-refractivity contribution in [1.82, 2.24) is 14.5 Å². The minimum atomic E-state index is -0.164. The van der Waals surface area contributed by atoms with Crippen molar-refractivity contribution in [2.75, 3.05) is 0 Å². The molecule has 0 atom stereocenters. The molecule has 0 aliphatic heterocycles. The fraction of sp³-hybridized carbons (Fsp3) is 0.125. The maximum Gasteiger partial charge on any atom is 0.273 e. The van der Waals surface area contributed by atoms with Crippen LogP contribution in [0.4, 0.5) is 0 Å². The van der Waals surface area contributed by atoms with Crippen LogP contribution in [0, 0.1) is 5.41 Å². The first kappa shape index (κ1) is 15.4. The third-order valence-electron chi connectivity index (χ3n) is 3.58. The van der Waals surface area contributed by atoms with Crippen LogP contribution < -0.4 is 11.3 Å².